The first-order chi connectivity index (χ1) is 12.6. The van der Waals surface area contributed by atoms with Crippen LogP contribution in [0.15, 0.2) is 0 Å². The number of hydrogen-bond acceptors (Lipinski definition) is 2. The van der Waals surface area contributed by atoms with Crippen molar-refractivity contribution >= 4 is 0 Å². The molecule has 0 aliphatic carbocycles. The summed E-state index contributed by atoms with van der Waals surface area (Å²) in [4.78, 5) is 0. The van der Waals surface area contributed by atoms with E-state index < -0.39 is 12.2 Å². The zero-order valence-corrected chi connectivity index (χ0v) is 23.0. The molecule has 0 N–H and O–H groups in total. The molecule has 0 fully saturated rings. The molecule has 0 amide bonds. The summed E-state index contributed by atoms with van der Waals surface area (Å²) < 4.78 is 0. The molecule has 0 bridgehead atoms. The Morgan fingerprint density at radius 3 is 0.621 bits per heavy atom. The standard InChI is InChI=1S/2C10H15.2C3H7O.Ti/c2*1-6-7(2)9(4)10(5)8(6)3;2*1-3(2)4;/h2*1-5H3;2*3H,1-2H3;/q4*-1;+4. The van der Waals surface area contributed by atoms with Gasteiger partial charge in [0.1, 0.15) is 0 Å². The molecule has 0 spiro atoms. The fraction of sp³-hybridized carbons (Fsp3) is 0.615. The van der Waals surface area contributed by atoms with Crippen LogP contribution in [-0.4, -0.2) is 12.2 Å². The van der Waals surface area contributed by atoms with Gasteiger partial charge in [0.25, 0.3) is 0 Å². The van der Waals surface area contributed by atoms with Gasteiger partial charge < -0.3 is 10.2 Å². The molecule has 0 aliphatic heterocycles. The van der Waals surface area contributed by atoms with Gasteiger partial charge >= 0.3 is 21.7 Å². The SMILES string of the molecule is CC(C)[O-].CC(C)[O-].Cc1c(C)c(C)[c-](C)c1C.Cc1c(C)c(C)[c-](C)c1C.[Ti+4]. The van der Waals surface area contributed by atoms with Crippen molar-refractivity contribution in [1.82, 2.24) is 0 Å². The Balaban J connectivity index is -0.000000336. The van der Waals surface area contributed by atoms with Crippen LogP contribution in [0.4, 0.5) is 0 Å². The van der Waals surface area contributed by atoms with Gasteiger partial charge in [-0.15, -0.1) is 12.2 Å². The second-order valence-electron chi connectivity index (χ2n) is 8.35. The van der Waals surface area contributed by atoms with E-state index in [4.69, 9.17) is 0 Å². The summed E-state index contributed by atoms with van der Waals surface area (Å²) in [6.07, 6.45) is -0.833. The number of hydrogen-bond donors (Lipinski definition) is 0. The fourth-order valence-electron chi connectivity index (χ4n) is 2.81. The molecular weight excluding hydrogens is 392 g/mol. The molecule has 2 aromatic rings. The first-order valence-electron chi connectivity index (χ1n) is 10.3. The van der Waals surface area contributed by atoms with Crippen LogP contribution in [0, 0.1) is 69.2 Å². The van der Waals surface area contributed by atoms with Gasteiger partial charge in [0.05, 0.1) is 0 Å². The summed E-state index contributed by atoms with van der Waals surface area (Å²) in [5.41, 5.74) is 14.7. The zero-order chi connectivity index (χ0) is 22.9. The Morgan fingerprint density at radius 1 is 0.483 bits per heavy atom. The van der Waals surface area contributed by atoms with E-state index in [0.29, 0.717) is 0 Å². The predicted molar refractivity (Wildman–Crippen MR) is 122 cm³/mol. The molecule has 0 saturated carbocycles. The van der Waals surface area contributed by atoms with Gasteiger partial charge in [-0.1, -0.05) is 96.9 Å². The monoisotopic (exact) mass is 436 g/mol. The van der Waals surface area contributed by atoms with E-state index in [1.54, 1.807) is 27.7 Å². The molecule has 0 atom stereocenters. The van der Waals surface area contributed by atoms with E-state index in [1.165, 1.54) is 55.6 Å². The van der Waals surface area contributed by atoms with E-state index >= 15 is 0 Å². The molecule has 0 heterocycles. The average Bonchev–Trinajstić information content (AvgIpc) is 2.85. The fourth-order valence-corrected chi connectivity index (χ4v) is 2.81. The minimum absolute atomic E-state index is 0. The molecule has 2 rings (SSSR count). The molecule has 3 heteroatoms. The molecule has 0 unspecified atom stereocenters. The molecule has 0 saturated heterocycles. The van der Waals surface area contributed by atoms with Crippen LogP contribution < -0.4 is 10.2 Å². The predicted octanol–water partition coefficient (Wildman–Crippen LogP) is 5.40. The van der Waals surface area contributed by atoms with Gasteiger partial charge in [-0.05, 0) is 0 Å². The van der Waals surface area contributed by atoms with Gasteiger partial charge in [0.15, 0.2) is 0 Å². The van der Waals surface area contributed by atoms with Crippen LogP contribution in [0.25, 0.3) is 0 Å². The first-order valence-corrected chi connectivity index (χ1v) is 10.3. The van der Waals surface area contributed by atoms with Crippen molar-refractivity contribution in [3.05, 3.63) is 55.6 Å². The van der Waals surface area contributed by atoms with Crippen molar-refractivity contribution in [2.75, 3.05) is 0 Å². The van der Waals surface area contributed by atoms with Crippen molar-refractivity contribution in [3.63, 3.8) is 0 Å². The quantitative estimate of drug-likeness (QED) is 0.410. The molecular formula is C26H44O2Ti. The largest absolute Gasteiger partial charge is 4.00 e. The van der Waals surface area contributed by atoms with E-state index in [0.717, 1.165) is 0 Å². The van der Waals surface area contributed by atoms with Crippen LogP contribution in [0.1, 0.15) is 83.3 Å². The maximum Gasteiger partial charge on any atom is 4.00 e. The summed E-state index contributed by atoms with van der Waals surface area (Å²) in [5, 5.41) is 19.1. The molecule has 2 nitrogen and oxygen atoms in total. The maximum atomic E-state index is 9.53. The Morgan fingerprint density at radius 2 is 0.586 bits per heavy atom. The summed E-state index contributed by atoms with van der Waals surface area (Å²) in [6, 6.07) is 0. The molecule has 0 aromatic heterocycles. The van der Waals surface area contributed by atoms with E-state index in [1.807, 2.05) is 0 Å². The van der Waals surface area contributed by atoms with Gasteiger partial charge in [-0.2, -0.15) is 55.6 Å². The molecule has 0 aliphatic rings. The van der Waals surface area contributed by atoms with Crippen LogP contribution in [0.3, 0.4) is 0 Å². The molecule has 29 heavy (non-hydrogen) atoms. The van der Waals surface area contributed by atoms with Crippen molar-refractivity contribution in [3.8, 4) is 0 Å². The third kappa shape index (κ3) is 11.3. The molecule has 164 valence electrons. The van der Waals surface area contributed by atoms with Gasteiger partial charge in [0.2, 0.25) is 0 Å². The van der Waals surface area contributed by atoms with Crippen LogP contribution in [0.5, 0.6) is 0 Å². The summed E-state index contributed by atoms with van der Waals surface area (Å²) in [5.74, 6) is 0. The minimum Gasteiger partial charge on any atom is -0.852 e. The Labute approximate surface area is 196 Å². The second-order valence-corrected chi connectivity index (χ2v) is 8.35. The Kier molecular flexibility index (Phi) is 17.3. The van der Waals surface area contributed by atoms with Crippen molar-refractivity contribution in [1.29, 1.82) is 0 Å². The van der Waals surface area contributed by atoms with Gasteiger partial charge in [-0.3, -0.25) is 0 Å². The topological polar surface area (TPSA) is 46.1 Å². The maximum absolute atomic E-state index is 9.53. The second kappa shape index (κ2) is 15.2. The summed E-state index contributed by atoms with van der Waals surface area (Å²) in [6.45, 7) is 28.4. The van der Waals surface area contributed by atoms with Crippen molar-refractivity contribution in [2.24, 2.45) is 0 Å². The van der Waals surface area contributed by atoms with Crippen molar-refractivity contribution in [2.45, 2.75) is 109 Å². The molecule has 2 aromatic carbocycles. The van der Waals surface area contributed by atoms with Gasteiger partial charge in [0, 0.05) is 0 Å². The third-order valence-corrected chi connectivity index (χ3v) is 5.62. The Hall–Kier alpha value is -0.666. The van der Waals surface area contributed by atoms with E-state index in [9.17, 15) is 10.2 Å². The Bertz CT molecular complexity index is 488. The van der Waals surface area contributed by atoms with Crippen LogP contribution in [-0.2, 0) is 21.7 Å². The smallest absolute Gasteiger partial charge is 0.852 e. The average molecular weight is 437 g/mol. The first kappa shape index (κ1) is 33.0. The van der Waals surface area contributed by atoms with Crippen molar-refractivity contribution < 1.29 is 31.9 Å². The zero-order valence-electron chi connectivity index (χ0n) is 21.5. The van der Waals surface area contributed by atoms with E-state index in [2.05, 4.69) is 69.2 Å². The summed E-state index contributed by atoms with van der Waals surface area (Å²) in [7, 11) is 0. The van der Waals surface area contributed by atoms with E-state index in [-0.39, 0.29) is 21.7 Å². The third-order valence-electron chi connectivity index (χ3n) is 5.62. The summed E-state index contributed by atoms with van der Waals surface area (Å²) >= 11 is 0. The van der Waals surface area contributed by atoms with Crippen LogP contribution in [0.2, 0.25) is 0 Å². The number of rotatable bonds is 0. The normalized spacial score (nSPS) is 9.72. The van der Waals surface area contributed by atoms with Gasteiger partial charge in [-0.25, -0.2) is 0 Å². The van der Waals surface area contributed by atoms with Crippen LogP contribution >= 0.6 is 0 Å². The minimum atomic E-state index is -0.417. The molecule has 0 radical (unpaired) electrons.